The zero-order valence-electron chi connectivity index (χ0n) is 11.1. The SMILES string of the molecule is CCC1(CC)CN(Cc2cn(C)nn2)CCN1. The van der Waals surface area contributed by atoms with Crippen molar-refractivity contribution < 1.29 is 0 Å². The van der Waals surface area contributed by atoms with E-state index in [0.29, 0.717) is 5.54 Å². The van der Waals surface area contributed by atoms with E-state index in [1.54, 1.807) is 4.68 Å². The molecule has 0 radical (unpaired) electrons. The third kappa shape index (κ3) is 2.84. The zero-order chi connectivity index (χ0) is 12.3. The first kappa shape index (κ1) is 12.5. The van der Waals surface area contributed by atoms with Gasteiger partial charge in [-0.15, -0.1) is 5.10 Å². The molecule has 17 heavy (non-hydrogen) atoms. The molecule has 1 aromatic heterocycles. The fourth-order valence-corrected chi connectivity index (χ4v) is 2.60. The van der Waals surface area contributed by atoms with Gasteiger partial charge in [0.25, 0.3) is 0 Å². The number of nitrogens with zero attached hydrogens (tertiary/aromatic N) is 4. The summed E-state index contributed by atoms with van der Waals surface area (Å²) in [7, 11) is 1.91. The molecule has 5 heteroatoms. The largest absolute Gasteiger partial charge is 0.309 e. The fraction of sp³-hybridized carbons (Fsp3) is 0.833. The summed E-state index contributed by atoms with van der Waals surface area (Å²) in [5.41, 5.74) is 1.36. The van der Waals surface area contributed by atoms with Crippen LogP contribution in [0.1, 0.15) is 32.4 Å². The van der Waals surface area contributed by atoms with Crippen molar-refractivity contribution in [1.29, 1.82) is 0 Å². The van der Waals surface area contributed by atoms with Gasteiger partial charge in [0.2, 0.25) is 0 Å². The van der Waals surface area contributed by atoms with E-state index < -0.39 is 0 Å². The van der Waals surface area contributed by atoms with Crippen LogP contribution < -0.4 is 5.32 Å². The Morgan fingerprint density at radius 3 is 2.76 bits per heavy atom. The van der Waals surface area contributed by atoms with Crippen molar-refractivity contribution >= 4 is 0 Å². The molecule has 0 spiro atoms. The Bertz CT molecular complexity index is 356. The Morgan fingerprint density at radius 2 is 2.18 bits per heavy atom. The van der Waals surface area contributed by atoms with Crippen molar-refractivity contribution in [2.45, 2.75) is 38.8 Å². The van der Waals surface area contributed by atoms with Crippen LogP contribution in [0.4, 0.5) is 0 Å². The minimum atomic E-state index is 0.292. The maximum absolute atomic E-state index is 4.16. The molecule has 96 valence electrons. The van der Waals surface area contributed by atoms with Crippen LogP contribution in [0.25, 0.3) is 0 Å². The highest BCUT2D eigenvalue weighted by molar-refractivity contribution is 4.97. The Hall–Kier alpha value is -0.940. The second-order valence-corrected chi connectivity index (χ2v) is 5.01. The van der Waals surface area contributed by atoms with Crippen molar-refractivity contribution in [2.75, 3.05) is 19.6 Å². The molecule has 0 unspecified atom stereocenters. The molecule has 0 saturated carbocycles. The molecule has 0 atom stereocenters. The molecular weight excluding hydrogens is 214 g/mol. The first-order valence-corrected chi connectivity index (χ1v) is 6.50. The van der Waals surface area contributed by atoms with Crippen LogP contribution in [0.15, 0.2) is 6.20 Å². The zero-order valence-corrected chi connectivity index (χ0v) is 11.1. The van der Waals surface area contributed by atoms with E-state index in [1.165, 1.54) is 12.8 Å². The fourth-order valence-electron chi connectivity index (χ4n) is 2.60. The average Bonchev–Trinajstić information content (AvgIpc) is 2.75. The predicted molar refractivity (Wildman–Crippen MR) is 67.6 cm³/mol. The van der Waals surface area contributed by atoms with Crippen molar-refractivity contribution in [2.24, 2.45) is 7.05 Å². The lowest BCUT2D eigenvalue weighted by molar-refractivity contribution is 0.117. The number of hydrogen-bond acceptors (Lipinski definition) is 4. The molecule has 1 aromatic rings. The molecule has 2 rings (SSSR count). The molecule has 0 bridgehead atoms. The van der Waals surface area contributed by atoms with Gasteiger partial charge in [-0.1, -0.05) is 19.1 Å². The monoisotopic (exact) mass is 237 g/mol. The van der Waals surface area contributed by atoms with Gasteiger partial charge < -0.3 is 5.32 Å². The minimum absolute atomic E-state index is 0.292. The summed E-state index contributed by atoms with van der Waals surface area (Å²) < 4.78 is 1.77. The van der Waals surface area contributed by atoms with E-state index in [2.05, 4.69) is 34.4 Å². The number of rotatable bonds is 4. The summed E-state index contributed by atoms with van der Waals surface area (Å²) in [5.74, 6) is 0. The Labute approximate surface area is 103 Å². The lowest BCUT2D eigenvalue weighted by Crippen LogP contribution is -2.59. The van der Waals surface area contributed by atoms with Crippen LogP contribution in [0.2, 0.25) is 0 Å². The number of nitrogens with one attached hydrogen (secondary N) is 1. The smallest absolute Gasteiger partial charge is 0.0967 e. The van der Waals surface area contributed by atoms with Crippen molar-refractivity contribution in [3.8, 4) is 0 Å². The van der Waals surface area contributed by atoms with Gasteiger partial charge in [0.15, 0.2) is 0 Å². The van der Waals surface area contributed by atoms with Gasteiger partial charge in [0, 0.05) is 45.0 Å². The molecule has 0 aliphatic carbocycles. The van der Waals surface area contributed by atoms with Crippen molar-refractivity contribution in [3.05, 3.63) is 11.9 Å². The number of aryl methyl sites for hydroxylation is 1. The predicted octanol–water partition coefficient (Wildman–Crippen LogP) is 0.779. The van der Waals surface area contributed by atoms with Crippen LogP contribution in [-0.2, 0) is 13.6 Å². The van der Waals surface area contributed by atoms with E-state index in [-0.39, 0.29) is 0 Å². The lowest BCUT2D eigenvalue weighted by Gasteiger charge is -2.42. The highest BCUT2D eigenvalue weighted by atomic mass is 15.4. The summed E-state index contributed by atoms with van der Waals surface area (Å²) in [6.45, 7) is 8.72. The van der Waals surface area contributed by atoms with Crippen molar-refractivity contribution in [3.63, 3.8) is 0 Å². The van der Waals surface area contributed by atoms with E-state index in [1.807, 2.05) is 13.2 Å². The van der Waals surface area contributed by atoms with E-state index in [0.717, 1.165) is 31.9 Å². The van der Waals surface area contributed by atoms with Gasteiger partial charge >= 0.3 is 0 Å². The van der Waals surface area contributed by atoms with Crippen LogP contribution in [0, 0.1) is 0 Å². The molecular formula is C12H23N5. The molecule has 2 heterocycles. The Kier molecular flexibility index (Phi) is 3.79. The molecule has 0 amide bonds. The van der Waals surface area contributed by atoms with Gasteiger partial charge in [0.05, 0.1) is 5.69 Å². The van der Waals surface area contributed by atoms with Gasteiger partial charge in [-0.25, -0.2) is 0 Å². The second kappa shape index (κ2) is 5.14. The first-order valence-electron chi connectivity index (χ1n) is 6.50. The molecule has 1 saturated heterocycles. The number of aromatic nitrogens is 3. The van der Waals surface area contributed by atoms with Crippen molar-refractivity contribution in [1.82, 2.24) is 25.2 Å². The highest BCUT2D eigenvalue weighted by Crippen LogP contribution is 2.20. The molecule has 1 aliphatic heterocycles. The maximum atomic E-state index is 4.16. The third-order valence-corrected chi connectivity index (χ3v) is 3.84. The van der Waals surface area contributed by atoms with E-state index >= 15 is 0 Å². The molecule has 1 N–H and O–H groups in total. The van der Waals surface area contributed by atoms with Gasteiger partial charge in [-0.2, -0.15) is 0 Å². The molecule has 5 nitrogen and oxygen atoms in total. The second-order valence-electron chi connectivity index (χ2n) is 5.01. The summed E-state index contributed by atoms with van der Waals surface area (Å²) in [5, 5.41) is 11.8. The summed E-state index contributed by atoms with van der Waals surface area (Å²) >= 11 is 0. The number of hydrogen-bond donors (Lipinski definition) is 1. The van der Waals surface area contributed by atoms with Crippen LogP contribution in [-0.4, -0.2) is 45.1 Å². The van der Waals surface area contributed by atoms with Crippen LogP contribution in [0.5, 0.6) is 0 Å². The molecule has 1 aliphatic rings. The average molecular weight is 237 g/mol. The standard InChI is InChI=1S/C12H23N5/c1-4-12(5-2)10-17(7-6-13-12)9-11-8-16(3)15-14-11/h8,13H,4-7,9-10H2,1-3H3. The molecule has 1 fully saturated rings. The summed E-state index contributed by atoms with van der Waals surface area (Å²) in [6, 6.07) is 0. The van der Waals surface area contributed by atoms with Gasteiger partial charge in [-0.05, 0) is 12.8 Å². The quantitative estimate of drug-likeness (QED) is 0.840. The van der Waals surface area contributed by atoms with E-state index in [4.69, 9.17) is 0 Å². The summed E-state index contributed by atoms with van der Waals surface area (Å²) in [4.78, 5) is 2.48. The van der Waals surface area contributed by atoms with Gasteiger partial charge in [-0.3, -0.25) is 9.58 Å². The highest BCUT2D eigenvalue weighted by Gasteiger charge is 2.31. The Morgan fingerprint density at radius 1 is 1.41 bits per heavy atom. The minimum Gasteiger partial charge on any atom is -0.309 e. The van der Waals surface area contributed by atoms with E-state index in [9.17, 15) is 0 Å². The third-order valence-electron chi connectivity index (χ3n) is 3.84. The lowest BCUT2D eigenvalue weighted by atomic mass is 9.90. The first-order chi connectivity index (χ1) is 8.17. The normalized spacial score (nSPS) is 20.6. The Balaban J connectivity index is 1.98. The van der Waals surface area contributed by atoms with Gasteiger partial charge in [0.1, 0.15) is 0 Å². The topological polar surface area (TPSA) is 46.0 Å². The summed E-state index contributed by atoms with van der Waals surface area (Å²) in [6.07, 6.45) is 4.36. The van der Waals surface area contributed by atoms with Crippen LogP contribution >= 0.6 is 0 Å². The number of piperazine rings is 1. The maximum Gasteiger partial charge on any atom is 0.0967 e. The van der Waals surface area contributed by atoms with Crippen LogP contribution in [0.3, 0.4) is 0 Å². The molecule has 0 aromatic carbocycles.